The highest BCUT2D eigenvalue weighted by Gasteiger charge is 2.31. The SMILES string of the molecule is O=S(=O)(Cc1noc2c1COCC2)c1ccc(C(F)(F)F)cc1. The van der Waals surface area contributed by atoms with Gasteiger partial charge in [-0.2, -0.15) is 13.2 Å². The van der Waals surface area contributed by atoms with E-state index in [2.05, 4.69) is 5.16 Å². The average molecular weight is 347 g/mol. The number of fused-ring (bicyclic) bond motifs is 1. The molecule has 124 valence electrons. The summed E-state index contributed by atoms with van der Waals surface area (Å²) in [6.07, 6.45) is -3.99. The molecule has 0 atom stereocenters. The molecule has 0 fully saturated rings. The summed E-state index contributed by atoms with van der Waals surface area (Å²) in [4.78, 5) is -0.195. The van der Waals surface area contributed by atoms with Gasteiger partial charge in [0.2, 0.25) is 0 Å². The van der Waals surface area contributed by atoms with E-state index in [0.29, 0.717) is 24.4 Å². The van der Waals surface area contributed by atoms with Crippen molar-refractivity contribution in [2.24, 2.45) is 0 Å². The van der Waals surface area contributed by atoms with Crippen molar-refractivity contribution in [1.29, 1.82) is 0 Å². The first-order valence-corrected chi connectivity index (χ1v) is 8.37. The highest BCUT2D eigenvalue weighted by atomic mass is 32.2. The van der Waals surface area contributed by atoms with Gasteiger partial charge in [0.1, 0.15) is 17.2 Å². The third-order valence-corrected chi connectivity index (χ3v) is 5.18. The smallest absolute Gasteiger partial charge is 0.376 e. The summed E-state index contributed by atoms with van der Waals surface area (Å²) in [6.45, 7) is 0.698. The van der Waals surface area contributed by atoms with E-state index in [1.165, 1.54) is 0 Å². The van der Waals surface area contributed by atoms with Crippen molar-refractivity contribution >= 4 is 9.84 Å². The van der Waals surface area contributed by atoms with E-state index in [-0.39, 0.29) is 17.2 Å². The Morgan fingerprint density at radius 3 is 2.52 bits per heavy atom. The van der Waals surface area contributed by atoms with Crippen LogP contribution < -0.4 is 0 Å². The fourth-order valence-corrected chi connectivity index (χ4v) is 3.61. The fraction of sp³-hybridized carbons (Fsp3) is 0.357. The van der Waals surface area contributed by atoms with Crippen LogP contribution in [0.5, 0.6) is 0 Å². The third kappa shape index (κ3) is 3.25. The molecule has 5 nitrogen and oxygen atoms in total. The Balaban J connectivity index is 1.86. The molecule has 0 saturated heterocycles. The lowest BCUT2D eigenvalue weighted by Gasteiger charge is -2.11. The molecule has 1 aliphatic heterocycles. The number of aromatic nitrogens is 1. The van der Waals surface area contributed by atoms with Crippen molar-refractivity contribution in [2.75, 3.05) is 6.61 Å². The molecular weight excluding hydrogens is 335 g/mol. The second kappa shape index (κ2) is 5.64. The van der Waals surface area contributed by atoms with Crippen molar-refractivity contribution in [3.8, 4) is 0 Å². The zero-order valence-electron chi connectivity index (χ0n) is 11.8. The summed E-state index contributed by atoms with van der Waals surface area (Å²) in [5, 5.41) is 3.75. The zero-order chi connectivity index (χ0) is 16.7. The first-order valence-electron chi connectivity index (χ1n) is 6.71. The molecule has 3 rings (SSSR count). The minimum absolute atomic E-state index is 0.195. The van der Waals surface area contributed by atoms with Gasteiger partial charge in [0.25, 0.3) is 0 Å². The number of benzene rings is 1. The topological polar surface area (TPSA) is 69.4 Å². The van der Waals surface area contributed by atoms with Crippen LogP contribution in [0.3, 0.4) is 0 Å². The Morgan fingerprint density at radius 1 is 1.17 bits per heavy atom. The van der Waals surface area contributed by atoms with Gasteiger partial charge in [-0.15, -0.1) is 0 Å². The summed E-state index contributed by atoms with van der Waals surface area (Å²) >= 11 is 0. The van der Waals surface area contributed by atoms with Crippen LogP contribution in [0, 0.1) is 0 Å². The van der Waals surface area contributed by atoms with Gasteiger partial charge in [-0.1, -0.05) is 5.16 Å². The van der Waals surface area contributed by atoms with Gasteiger partial charge in [-0.25, -0.2) is 8.42 Å². The number of alkyl halides is 3. The molecule has 0 N–H and O–H groups in total. The molecule has 23 heavy (non-hydrogen) atoms. The van der Waals surface area contributed by atoms with Gasteiger partial charge < -0.3 is 9.26 Å². The number of rotatable bonds is 3. The molecule has 1 aromatic carbocycles. The van der Waals surface area contributed by atoms with E-state index in [0.717, 1.165) is 24.3 Å². The maximum atomic E-state index is 12.5. The van der Waals surface area contributed by atoms with Crippen LogP contribution in [0.4, 0.5) is 13.2 Å². The second-order valence-corrected chi connectivity index (χ2v) is 7.10. The molecule has 0 unspecified atom stereocenters. The molecule has 0 spiro atoms. The number of nitrogens with zero attached hydrogens (tertiary/aromatic N) is 1. The van der Waals surface area contributed by atoms with Gasteiger partial charge in [0.15, 0.2) is 9.84 Å². The molecule has 0 radical (unpaired) electrons. The van der Waals surface area contributed by atoms with E-state index in [1.807, 2.05) is 0 Å². The number of halogens is 3. The molecular formula is C14H12F3NO4S. The van der Waals surface area contributed by atoms with Crippen LogP contribution in [0.15, 0.2) is 33.7 Å². The Bertz CT molecular complexity index is 810. The first kappa shape index (κ1) is 16.0. The highest BCUT2D eigenvalue weighted by molar-refractivity contribution is 7.90. The maximum absolute atomic E-state index is 12.5. The fourth-order valence-electron chi connectivity index (χ4n) is 2.31. The molecule has 2 heterocycles. The predicted octanol–water partition coefficient (Wildman–Crippen LogP) is 2.74. The predicted molar refractivity (Wildman–Crippen MR) is 72.2 cm³/mol. The van der Waals surface area contributed by atoms with E-state index in [9.17, 15) is 21.6 Å². The molecule has 1 aliphatic rings. The summed E-state index contributed by atoms with van der Waals surface area (Å²) in [5.41, 5.74) is -0.0602. The number of hydrogen-bond donors (Lipinski definition) is 0. The maximum Gasteiger partial charge on any atom is 0.416 e. The normalized spacial score (nSPS) is 15.4. The standard InChI is InChI=1S/C14H12F3NO4S/c15-14(16,17)9-1-3-10(4-2-9)23(19,20)8-12-11-7-21-6-5-13(11)22-18-12/h1-4H,5-8H2. The van der Waals surface area contributed by atoms with Crippen molar-refractivity contribution in [3.05, 3.63) is 46.8 Å². The lowest BCUT2D eigenvalue weighted by Crippen LogP contribution is -2.12. The molecule has 1 aromatic heterocycles. The van der Waals surface area contributed by atoms with Crippen LogP contribution in [0.1, 0.15) is 22.6 Å². The molecule has 0 saturated carbocycles. The largest absolute Gasteiger partial charge is 0.416 e. The number of sulfone groups is 1. The Hall–Kier alpha value is -1.87. The van der Waals surface area contributed by atoms with Crippen molar-refractivity contribution in [2.45, 2.75) is 29.9 Å². The van der Waals surface area contributed by atoms with Gasteiger partial charge >= 0.3 is 6.18 Å². The number of hydrogen-bond acceptors (Lipinski definition) is 5. The number of ether oxygens (including phenoxy) is 1. The van der Waals surface area contributed by atoms with Crippen LogP contribution in [-0.2, 0) is 39.5 Å². The Kier molecular flexibility index (Phi) is 3.93. The van der Waals surface area contributed by atoms with Crippen molar-refractivity contribution < 1.29 is 30.8 Å². The monoisotopic (exact) mass is 347 g/mol. The zero-order valence-corrected chi connectivity index (χ0v) is 12.6. The van der Waals surface area contributed by atoms with E-state index < -0.39 is 27.3 Å². The molecule has 9 heteroatoms. The summed E-state index contributed by atoms with van der Waals surface area (Å²) in [7, 11) is -3.82. The van der Waals surface area contributed by atoms with E-state index >= 15 is 0 Å². The Morgan fingerprint density at radius 2 is 1.87 bits per heavy atom. The van der Waals surface area contributed by atoms with E-state index in [1.54, 1.807) is 0 Å². The average Bonchev–Trinajstić information content (AvgIpc) is 2.89. The van der Waals surface area contributed by atoms with Gasteiger partial charge in [-0.3, -0.25) is 0 Å². The van der Waals surface area contributed by atoms with Crippen molar-refractivity contribution in [1.82, 2.24) is 5.16 Å². The van der Waals surface area contributed by atoms with Gasteiger partial charge in [-0.05, 0) is 24.3 Å². The molecule has 0 bridgehead atoms. The van der Waals surface area contributed by atoms with Crippen LogP contribution >= 0.6 is 0 Å². The second-order valence-electron chi connectivity index (χ2n) is 5.11. The van der Waals surface area contributed by atoms with Crippen molar-refractivity contribution in [3.63, 3.8) is 0 Å². The van der Waals surface area contributed by atoms with Gasteiger partial charge in [0, 0.05) is 12.0 Å². The van der Waals surface area contributed by atoms with E-state index in [4.69, 9.17) is 9.26 Å². The van der Waals surface area contributed by atoms with Gasteiger partial charge in [0.05, 0.1) is 23.7 Å². The van der Waals surface area contributed by atoms with Crippen LogP contribution in [0.25, 0.3) is 0 Å². The minimum Gasteiger partial charge on any atom is -0.376 e. The summed E-state index contributed by atoms with van der Waals surface area (Å²) in [5.74, 6) is 0.148. The quantitative estimate of drug-likeness (QED) is 0.854. The molecule has 0 aliphatic carbocycles. The van der Waals surface area contributed by atoms with Crippen LogP contribution in [-0.4, -0.2) is 20.2 Å². The summed E-state index contributed by atoms with van der Waals surface area (Å²) < 4.78 is 72.6. The summed E-state index contributed by atoms with van der Waals surface area (Å²) in [6, 6.07) is 3.38. The third-order valence-electron chi connectivity index (χ3n) is 3.54. The lowest BCUT2D eigenvalue weighted by molar-refractivity contribution is -0.137. The first-order chi connectivity index (χ1) is 10.8. The lowest BCUT2D eigenvalue weighted by atomic mass is 10.1. The Labute approximate surface area is 130 Å². The van der Waals surface area contributed by atoms with Crippen LogP contribution in [0.2, 0.25) is 0 Å². The highest BCUT2D eigenvalue weighted by Crippen LogP contribution is 2.30. The minimum atomic E-state index is -4.51. The molecule has 2 aromatic rings. The molecule has 0 amide bonds.